The average Bonchev–Trinajstić information content (AvgIpc) is 2.90. The van der Waals surface area contributed by atoms with Gasteiger partial charge in [-0.1, -0.05) is 0 Å². The quantitative estimate of drug-likeness (QED) is 0.732. The number of rotatable bonds is 1. The summed E-state index contributed by atoms with van der Waals surface area (Å²) in [6, 6.07) is 0. The molecule has 1 spiro atoms. The third-order valence-corrected chi connectivity index (χ3v) is 3.66. The maximum absolute atomic E-state index is 12.0. The molecule has 0 unspecified atom stereocenters. The van der Waals surface area contributed by atoms with E-state index in [0.717, 1.165) is 31.7 Å². The molecule has 5 heteroatoms. The standard InChI is InChI=1S/C11H16N4O/c1-14-6-9(5-13-14)15-8-11(4-10(15)16)2-3-12-7-11/h5-6,12H,2-4,7-8H2,1H3/t11-/m0/s1. The van der Waals surface area contributed by atoms with Gasteiger partial charge in [-0.05, 0) is 13.0 Å². The highest BCUT2D eigenvalue weighted by Crippen LogP contribution is 2.38. The number of carbonyl (C=O) groups excluding carboxylic acids is 1. The molecule has 3 heterocycles. The van der Waals surface area contributed by atoms with Crippen molar-refractivity contribution in [1.29, 1.82) is 0 Å². The lowest BCUT2D eigenvalue weighted by molar-refractivity contribution is -0.117. The first-order valence-electron chi connectivity index (χ1n) is 5.68. The minimum Gasteiger partial charge on any atom is -0.316 e. The minimum absolute atomic E-state index is 0.174. The van der Waals surface area contributed by atoms with Crippen LogP contribution in [-0.4, -0.2) is 35.3 Å². The number of aromatic nitrogens is 2. The predicted octanol–water partition coefficient (Wildman–Crippen LogP) is 0.136. The zero-order valence-corrected chi connectivity index (χ0v) is 9.44. The van der Waals surface area contributed by atoms with E-state index in [1.807, 2.05) is 18.1 Å². The van der Waals surface area contributed by atoms with Crippen LogP contribution in [0.3, 0.4) is 0 Å². The maximum Gasteiger partial charge on any atom is 0.227 e. The van der Waals surface area contributed by atoms with Gasteiger partial charge in [0, 0.05) is 38.2 Å². The summed E-state index contributed by atoms with van der Waals surface area (Å²) in [7, 11) is 1.87. The molecule has 86 valence electrons. The van der Waals surface area contributed by atoms with Crippen molar-refractivity contribution in [1.82, 2.24) is 15.1 Å². The first-order valence-corrected chi connectivity index (χ1v) is 5.68. The van der Waals surface area contributed by atoms with Crippen LogP contribution in [0.2, 0.25) is 0 Å². The Labute approximate surface area is 94.4 Å². The first-order chi connectivity index (χ1) is 7.69. The molecule has 0 radical (unpaired) electrons. The molecule has 0 aromatic carbocycles. The van der Waals surface area contributed by atoms with Gasteiger partial charge in [-0.15, -0.1) is 0 Å². The number of carbonyl (C=O) groups is 1. The zero-order chi connectivity index (χ0) is 11.2. The lowest BCUT2D eigenvalue weighted by atomic mass is 9.86. The van der Waals surface area contributed by atoms with E-state index >= 15 is 0 Å². The summed E-state index contributed by atoms with van der Waals surface area (Å²) in [6.45, 7) is 2.84. The van der Waals surface area contributed by atoms with Crippen LogP contribution in [0.5, 0.6) is 0 Å². The molecule has 2 aliphatic heterocycles. The highest BCUT2D eigenvalue weighted by atomic mass is 16.2. The number of amides is 1. The number of hydrogen-bond acceptors (Lipinski definition) is 3. The van der Waals surface area contributed by atoms with E-state index in [4.69, 9.17) is 0 Å². The van der Waals surface area contributed by atoms with E-state index in [1.54, 1.807) is 10.9 Å². The number of hydrogen-bond donors (Lipinski definition) is 1. The van der Waals surface area contributed by atoms with Gasteiger partial charge in [0.1, 0.15) is 0 Å². The van der Waals surface area contributed by atoms with Crippen molar-refractivity contribution < 1.29 is 4.79 Å². The van der Waals surface area contributed by atoms with Crippen LogP contribution in [0.25, 0.3) is 0 Å². The molecule has 0 bridgehead atoms. The van der Waals surface area contributed by atoms with Crippen molar-refractivity contribution in [3.8, 4) is 0 Å². The molecule has 2 aliphatic rings. The van der Waals surface area contributed by atoms with Gasteiger partial charge in [-0.3, -0.25) is 9.48 Å². The molecule has 1 N–H and O–H groups in total. The van der Waals surface area contributed by atoms with Crippen LogP contribution in [0.15, 0.2) is 12.4 Å². The molecule has 1 atom stereocenters. The Balaban J connectivity index is 1.85. The molecule has 2 fully saturated rings. The second-order valence-electron chi connectivity index (χ2n) is 4.96. The Morgan fingerprint density at radius 3 is 3.06 bits per heavy atom. The molecule has 1 aromatic rings. The maximum atomic E-state index is 12.0. The fourth-order valence-corrected chi connectivity index (χ4v) is 2.76. The molecule has 0 saturated carbocycles. The van der Waals surface area contributed by atoms with Crippen molar-refractivity contribution in [2.24, 2.45) is 12.5 Å². The zero-order valence-electron chi connectivity index (χ0n) is 9.44. The lowest BCUT2D eigenvalue weighted by Crippen LogP contribution is -2.29. The number of aryl methyl sites for hydroxylation is 1. The predicted molar refractivity (Wildman–Crippen MR) is 60.1 cm³/mol. The van der Waals surface area contributed by atoms with Crippen LogP contribution in [-0.2, 0) is 11.8 Å². The fourth-order valence-electron chi connectivity index (χ4n) is 2.76. The Hall–Kier alpha value is -1.36. The summed E-state index contributed by atoms with van der Waals surface area (Å²) in [5.74, 6) is 0.233. The molecule has 1 amide bonds. The van der Waals surface area contributed by atoms with Crippen molar-refractivity contribution in [3.63, 3.8) is 0 Å². The van der Waals surface area contributed by atoms with E-state index in [0.29, 0.717) is 6.42 Å². The number of anilines is 1. The summed E-state index contributed by atoms with van der Waals surface area (Å²) < 4.78 is 1.74. The largest absolute Gasteiger partial charge is 0.316 e. The second-order valence-corrected chi connectivity index (χ2v) is 4.96. The third kappa shape index (κ3) is 1.43. The summed E-state index contributed by atoms with van der Waals surface area (Å²) in [4.78, 5) is 13.9. The SMILES string of the molecule is Cn1cc(N2C[C@@]3(CCNC3)CC2=O)cn1. The fraction of sp³-hybridized carbons (Fsp3) is 0.636. The molecule has 0 aliphatic carbocycles. The molecular formula is C11H16N4O. The van der Waals surface area contributed by atoms with Crippen LogP contribution in [0.1, 0.15) is 12.8 Å². The Kier molecular flexibility index (Phi) is 2.04. The van der Waals surface area contributed by atoms with Gasteiger partial charge < -0.3 is 10.2 Å². The lowest BCUT2D eigenvalue weighted by Gasteiger charge is -2.21. The minimum atomic E-state index is 0.174. The summed E-state index contributed by atoms with van der Waals surface area (Å²) in [5, 5.41) is 7.47. The van der Waals surface area contributed by atoms with Gasteiger partial charge in [0.2, 0.25) is 5.91 Å². The second kappa shape index (κ2) is 3.31. The van der Waals surface area contributed by atoms with E-state index in [2.05, 4.69) is 10.4 Å². The summed E-state index contributed by atoms with van der Waals surface area (Å²) in [6.07, 6.45) is 5.45. The van der Waals surface area contributed by atoms with Gasteiger partial charge in [0.25, 0.3) is 0 Å². The van der Waals surface area contributed by atoms with E-state index in [9.17, 15) is 4.79 Å². The molecule has 5 nitrogen and oxygen atoms in total. The van der Waals surface area contributed by atoms with Gasteiger partial charge in [0.15, 0.2) is 0 Å². The smallest absolute Gasteiger partial charge is 0.227 e. The third-order valence-electron chi connectivity index (χ3n) is 3.66. The number of nitrogens with zero attached hydrogens (tertiary/aromatic N) is 3. The number of nitrogens with one attached hydrogen (secondary N) is 1. The van der Waals surface area contributed by atoms with Crippen LogP contribution < -0.4 is 10.2 Å². The molecule has 16 heavy (non-hydrogen) atoms. The molecular weight excluding hydrogens is 204 g/mol. The molecule has 3 rings (SSSR count). The Morgan fingerprint density at radius 2 is 2.44 bits per heavy atom. The van der Waals surface area contributed by atoms with Crippen molar-refractivity contribution >= 4 is 11.6 Å². The van der Waals surface area contributed by atoms with Gasteiger partial charge in [-0.25, -0.2) is 0 Å². The van der Waals surface area contributed by atoms with E-state index < -0.39 is 0 Å². The van der Waals surface area contributed by atoms with Gasteiger partial charge in [0.05, 0.1) is 11.9 Å². The monoisotopic (exact) mass is 220 g/mol. The summed E-state index contributed by atoms with van der Waals surface area (Å²) >= 11 is 0. The Bertz CT molecular complexity index is 419. The van der Waals surface area contributed by atoms with Crippen molar-refractivity contribution in [2.45, 2.75) is 12.8 Å². The summed E-state index contributed by atoms with van der Waals surface area (Å²) in [5.41, 5.74) is 1.10. The van der Waals surface area contributed by atoms with Gasteiger partial charge in [-0.2, -0.15) is 5.10 Å². The van der Waals surface area contributed by atoms with Crippen LogP contribution in [0.4, 0.5) is 5.69 Å². The van der Waals surface area contributed by atoms with Crippen molar-refractivity contribution in [2.75, 3.05) is 24.5 Å². The van der Waals surface area contributed by atoms with Crippen LogP contribution >= 0.6 is 0 Å². The normalized spacial score (nSPS) is 29.6. The first kappa shape index (κ1) is 9.84. The van der Waals surface area contributed by atoms with Crippen molar-refractivity contribution in [3.05, 3.63) is 12.4 Å². The molecule has 2 saturated heterocycles. The Morgan fingerprint density at radius 1 is 1.56 bits per heavy atom. The van der Waals surface area contributed by atoms with E-state index in [-0.39, 0.29) is 11.3 Å². The highest BCUT2D eigenvalue weighted by Gasteiger charge is 2.45. The molecule has 1 aromatic heterocycles. The topological polar surface area (TPSA) is 50.2 Å². The highest BCUT2D eigenvalue weighted by molar-refractivity contribution is 5.96. The average molecular weight is 220 g/mol. The van der Waals surface area contributed by atoms with Crippen LogP contribution in [0, 0.1) is 5.41 Å². The van der Waals surface area contributed by atoms with Gasteiger partial charge >= 0.3 is 0 Å². The van der Waals surface area contributed by atoms with E-state index in [1.165, 1.54) is 0 Å².